The van der Waals surface area contributed by atoms with E-state index >= 15 is 0 Å². The summed E-state index contributed by atoms with van der Waals surface area (Å²) < 4.78 is 33.9. The smallest absolute Gasteiger partial charge is 0.402 e. The lowest BCUT2D eigenvalue weighted by Gasteiger charge is -2.39. The molecular formula is C28H33O16+. The molecule has 0 aliphatic carbocycles. The molecule has 0 saturated carbocycles. The Morgan fingerprint density at radius 3 is 1.80 bits per heavy atom. The summed E-state index contributed by atoms with van der Waals surface area (Å²) in [6.45, 7) is -1.43. The number of ether oxygens (including phenoxy) is 5. The number of hydrogen-bond donors (Lipinski definition) is 10. The van der Waals surface area contributed by atoms with Crippen LogP contribution in [0, 0.1) is 0 Å². The van der Waals surface area contributed by atoms with Crippen molar-refractivity contribution in [2.45, 2.75) is 61.4 Å². The molecule has 240 valence electrons. The summed E-state index contributed by atoms with van der Waals surface area (Å²) in [6, 6.07) is 7.81. The van der Waals surface area contributed by atoms with Gasteiger partial charge in [0.1, 0.15) is 65.7 Å². The van der Waals surface area contributed by atoms with Gasteiger partial charge in [-0.05, 0) is 12.1 Å². The molecule has 3 heterocycles. The molecule has 2 fully saturated rings. The molecule has 10 N–H and O–H groups in total. The van der Waals surface area contributed by atoms with E-state index in [-0.39, 0.29) is 51.0 Å². The monoisotopic (exact) mass is 625 g/mol. The Kier molecular flexibility index (Phi) is 9.28. The predicted molar refractivity (Wildman–Crippen MR) is 145 cm³/mol. The zero-order chi connectivity index (χ0) is 31.9. The molecular weight excluding hydrogens is 592 g/mol. The maximum Gasteiger partial charge on any atom is 0.402 e. The number of phenols is 2. The number of hydrogen-bond acceptors (Lipinski definition) is 15. The molecule has 0 spiro atoms. The minimum atomic E-state index is -1.80. The summed E-state index contributed by atoms with van der Waals surface area (Å²) in [5, 5.41) is 102. The lowest BCUT2D eigenvalue weighted by molar-refractivity contribution is -0.277. The van der Waals surface area contributed by atoms with Crippen LogP contribution >= 0.6 is 0 Å². The van der Waals surface area contributed by atoms with Crippen LogP contribution in [-0.2, 0) is 9.47 Å². The second-order valence-corrected chi connectivity index (χ2v) is 10.3. The van der Waals surface area contributed by atoms with E-state index in [1.807, 2.05) is 0 Å². The van der Waals surface area contributed by atoms with E-state index in [0.717, 1.165) is 6.07 Å². The number of aliphatic hydroxyl groups excluding tert-OH is 8. The molecule has 16 heteroatoms. The second kappa shape index (κ2) is 12.8. The van der Waals surface area contributed by atoms with Crippen LogP contribution in [0.3, 0.4) is 0 Å². The highest BCUT2D eigenvalue weighted by atomic mass is 16.7. The van der Waals surface area contributed by atoms with Gasteiger partial charge in [-0.3, -0.25) is 0 Å². The average molecular weight is 626 g/mol. The van der Waals surface area contributed by atoms with Crippen molar-refractivity contribution in [2.24, 2.45) is 0 Å². The fraction of sp³-hybridized carbons (Fsp3) is 0.464. The van der Waals surface area contributed by atoms with Gasteiger partial charge in [0.25, 0.3) is 0 Å². The summed E-state index contributed by atoms with van der Waals surface area (Å²) in [7, 11) is 1.32. The number of aromatic hydroxyl groups is 2. The highest BCUT2D eigenvalue weighted by molar-refractivity contribution is 5.89. The third-order valence-corrected chi connectivity index (χ3v) is 7.43. The van der Waals surface area contributed by atoms with Gasteiger partial charge in [0.15, 0.2) is 11.5 Å². The first-order valence-electron chi connectivity index (χ1n) is 13.4. The number of methoxy groups -OCH3 is 1. The second-order valence-electron chi connectivity index (χ2n) is 10.3. The van der Waals surface area contributed by atoms with Crippen molar-refractivity contribution in [3.63, 3.8) is 0 Å². The van der Waals surface area contributed by atoms with Crippen LogP contribution in [0.4, 0.5) is 0 Å². The van der Waals surface area contributed by atoms with Crippen LogP contribution in [0.5, 0.6) is 28.7 Å². The lowest BCUT2D eigenvalue weighted by atomic mass is 9.99. The van der Waals surface area contributed by atoms with Crippen LogP contribution in [-0.4, -0.2) is 133 Å². The van der Waals surface area contributed by atoms with Crippen LogP contribution in [0.1, 0.15) is 0 Å². The number of rotatable bonds is 8. The summed E-state index contributed by atoms with van der Waals surface area (Å²) in [6.07, 6.45) is -16.3. The summed E-state index contributed by atoms with van der Waals surface area (Å²) in [5.74, 6) is -0.907. The van der Waals surface area contributed by atoms with E-state index in [1.54, 1.807) is 0 Å². The van der Waals surface area contributed by atoms with Crippen molar-refractivity contribution in [1.82, 2.24) is 0 Å². The molecule has 10 atom stereocenters. The van der Waals surface area contributed by atoms with Crippen molar-refractivity contribution < 1.29 is 79.2 Å². The molecule has 2 aliphatic rings. The van der Waals surface area contributed by atoms with Crippen LogP contribution < -0.4 is 14.2 Å². The SMILES string of the molecule is COc1cc(-c2[o+]c3cc(O)cc(O[C@@H]4OC(CO)[C@@H](O)[C@H](O)C4O)c3cc2O[C@@H]2OC(CO)[C@H](O)C(O)C2O)ccc1O. The fourth-order valence-electron chi connectivity index (χ4n) is 4.96. The van der Waals surface area contributed by atoms with Crippen LogP contribution in [0.15, 0.2) is 40.8 Å². The van der Waals surface area contributed by atoms with Gasteiger partial charge >= 0.3 is 11.3 Å². The molecule has 2 aromatic carbocycles. The first-order chi connectivity index (χ1) is 21.0. The van der Waals surface area contributed by atoms with Gasteiger partial charge < -0.3 is 74.7 Å². The van der Waals surface area contributed by atoms with Gasteiger partial charge in [0.2, 0.25) is 18.3 Å². The van der Waals surface area contributed by atoms with Gasteiger partial charge in [-0.15, -0.1) is 0 Å². The van der Waals surface area contributed by atoms with E-state index in [4.69, 9.17) is 28.1 Å². The minimum Gasteiger partial charge on any atom is -0.507 e. The number of aliphatic hydroxyl groups is 8. The van der Waals surface area contributed by atoms with Crippen LogP contribution in [0.25, 0.3) is 22.3 Å². The Morgan fingerprint density at radius 1 is 0.682 bits per heavy atom. The predicted octanol–water partition coefficient (Wildman–Crippen LogP) is -1.84. The number of fused-ring (bicyclic) bond motifs is 1. The third kappa shape index (κ3) is 5.92. The van der Waals surface area contributed by atoms with Crippen molar-refractivity contribution in [2.75, 3.05) is 20.3 Å². The third-order valence-electron chi connectivity index (χ3n) is 7.43. The van der Waals surface area contributed by atoms with Gasteiger partial charge in [-0.2, -0.15) is 0 Å². The van der Waals surface area contributed by atoms with Crippen molar-refractivity contribution in [1.29, 1.82) is 0 Å². The molecule has 3 aromatic rings. The fourth-order valence-corrected chi connectivity index (χ4v) is 4.96. The molecule has 5 rings (SSSR count). The van der Waals surface area contributed by atoms with Crippen LogP contribution in [0.2, 0.25) is 0 Å². The Bertz CT molecular complexity index is 1460. The maximum atomic E-state index is 10.6. The quantitative estimate of drug-likeness (QED) is 0.123. The number of benzene rings is 2. The topological polar surface area (TPSA) is 260 Å². The Labute approximate surface area is 248 Å². The molecule has 2 aliphatic heterocycles. The Morgan fingerprint density at radius 2 is 1.25 bits per heavy atom. The molecule has 2 saturated heterocycles. The van der Waals surface area contributed by atoms with Crippen molar-refractivity contribution in [3.05, 3.63) is 36.4 Å². The van der Waals surface area contributed by atoms with Gasteiger partial charge in [0, 0.05) is 18.2 Å². The largest absolute Gasteiger partial charge is 0.507 e. The minimum absolute atomic E-state index is 0.0206. The zero-order valence-corrected chi connectivity index (χ0v) is 23.1. The maximum absolute atomic E-state index is 10.6. The highest BCUT2D eigenvalue weighted by Gasteiger charge is 2.47. The average Bonchev–Trinajstić information content (AvgIpc) is 3.01. The normalized spacial score (nSPS) is 32.4. The molecule has 16 nitrogen and oxygen atoms in total. The summed E-state index contributed by atoms with van der Waals surface area (Å²) >= 11 is 0. The van der Waals surface area contributed by atoms with E-state index in [9.17, 15) is 51.1 Å². The zero-order valence-electron chi connectivity index (χ0n) is 23.1. The van der Waals surface area contributed by atoms with Gasteiger partial charge in [-0.1, -0.05) is 0 Å². The van der Waals surface area contributed by atoms with Crippen molar-refractivity contribution >= 4 is 11.0 Å². The highest BCUT2D eigenvalue weighted by Crippen LogP contribution is 2.43. The molecule has 0 bridgehead atoms. The molecule has 0 radical (unpaired) electrons. The molecule has 0 amide bonds. The summed E-state index contributed by atoms with van der Waals surface area (Å²) in [4.78, 5) is 0. The van der Waals surface area contributed by atoms with E-state index in [0.29, 0.717) is 0 Å². The standard InChI is InChI=1S/C28H32O16/c1-39-16-4-10(2-3-13(16)32)26-17(42-28-25(38)23(36)21(34)19(9-30)44-28)7-12-14(40-26)5-11(31)6-15(12)41-27-24(37)22(35)20(33)18(8-29)43-27/h2-7,18-25,27-30,33-38H,8-9H2,1H3,(H-,31,32)/p+1/t18?,19?,20-,21+,22+,23?,24?,25?,27-,28-/m1/s1. The number of phenolic OH excluding ortho intramolecular Hbond substituents is 2. The van der Waals surface area contributed by atoms with Gasteiger partial charge in [0.05, 0.1) is 32.0 Å². The summed E-state index contributed by atoms with van der Waals surface area (Å²) in [5.41, 5.74) is 0.244. The lowest BCUT2D eigenvalue weighted by Crippen LogP contribution is -2.60. The Balaban J connectivity index is 1.62. The van der Waals surface area contributed by atoms with Gasteiger partial charge in [-0.25, -0.2) is 4.42 Å². The van der Waals surface area contributed by atoms with E-state index < -0.39 is 74.6 Å². The molecule has 44 heavy (non-hydrogen) atoms. The van der Waals surface area contributed by atoms with E-state index in [1.165, 1.54) is 37.4 Å². The Hall–Kier alpha value is -3.55. The van der Waals surface area contributed by atoms with E-state index in [2.05, 4.69) is 0 Å². The molecule has 1 aromatic heterocycles. The van der Waals surface area contributed by atoms with Crippen molar-refractivity contribution in [3.8, 4) is 40.1 Å². The molecule has 5 unspecified atom stereocenters. The first-order valence-corrected chi connectivity index (χ1v) is 13.4. The first kappa shape index (κ1) is 31.9.